The Morgan fingerprint density at radius 2 is 1.94 bits per heavy atom. The van der Waals surface area contributed by atoms with E-state index in [9.17, 15) is 9.18 Å². The van der Waals surface area contributed by atoms with Crippen LogP contribution < -0.4 is 10.1 Å². The van der Waals surface area contributed by atoms with Crippen molar-refractivity contribution in [3.8, 4) is 5.75 Å². The van der Waals surface area contributed by atoms with Crippen LogP contribution in [0.3, 0.4) is 0 Å². The number of amides is 1. The lowest BCUT2D eigenvalue weighted by Crippen LogP contribution is -2.27. The largest absolute Gasteiger partial charge is 0.495 e. The molecule has 0 heterocycles. The average Bonchev–Trinajstić information content (AvgIpc) is 2.22. The molecule has 0 aliphatic heterocycles. The fraction of sp³-hybridized carbons (Fsp3) is 0.462. The van der Waals surface area contributed by atoms with E-state index in [2.05, 4.69) is 5.32 Å². The highest BCUT2D eigenvalue weighted by Crippen LogP contribution is 2.30. The zero-order valence-corrected chi connectivity index (χ0v) is 11.3. The topological polar surface area (TPSA) is 47.6 Å². The summed E-state index contributed by atoms with van der Waals surface area (Å²) in [6, 6.07) is 2.74. The van der Waals surface area contributed by atoms with Crippen LogP contribution in [-0.4, -0.2) is 18.8 Å². The lowest BCUT2D eigenvalue weighted by Gasteiger charge is -2.21. The van der Waals surface area contributed by atoms with E-state index in [0.717, 1.165) is 0 Å². The predicted molar refractivity (Wildman–Crippen MR) is 67.5 cm³/mol. The molecule has 0 fully saturated rings. The molecule has 0 aromatic heterocycles. The summed E-state index contributed by atoms with van der Waals surface area (Å²) in [5.74, 6) is -0.0263. The van der Waals surface area contributed by atoms with Crippen molar-refractivity contribution < 1.29 is 18.7 Å². The van der Waals surface area contributed by atoms with Crippen LogP contribution in [0, 0.1) is 12.7 Å². The molecule has 1 aromatic rings. The molecule has 0 radical (unpaired) electrons. The van der Waals surface area contributed by atoms with Crippen LogP contribution in [0.1, 0.15) is 26.3 Å². The zero-order chi connectivity index (χ0) is 13.9. The fourth-order valence-electron chi connectivity index (χ4n) is 1.39. The van der Waals surface area contributed by atoms with Crippen molar-refractivity contribution in [3.05, 3.63) is 23.5 Å². The molecule has 0 aliphatic carbocycles. The minimum Gasteiger partial charge on any atom is -0.495 e. The summed E-state index contributed by atoms with van der Waals surface area (Å²) in [6.07, 6.45) is -0.644. The van der Waals surface area contributed by atoms with E-state index in [-0.39, 0.29) is 5.69 Å². The number of benzene rings is 1. The Kier molecular flexibility index (Phi) is 4.16. The molecule has 1 aromatic carbocycles. The maximum atomic E-state index is 13.4. The summed E-state index contributed by atoms with van der Waals surface area (Å²) >= 11 is 0. The first-order chi connectivity index (χ1) is 8.24. The smallest absolute Gasteiger partial charge is 0.412 e. The van der Waals surface area contributed by atoms with Gasteiger partial charge >= 0.3 is 6.09 Å². The molecule has 0 unspecified atom stereocenters. The molecular weight excluding hydrogens is 237 g/mol. The Hall–Kier alpha value is -1.78. The number of halogens is 1. The summed E-state index contributed by atoms with van der Waals surface area (Å²) in [4.78, 5) is 11.6. The summed E-state index contributed by atoms with van der Waals surface area (Å²) in [7, 11) is 1.45. The van der Waals surface area contributed by atoms with Gasteiger partial charge in [-0.05, 0) is 39.8 Å². The van der Waals surface area contributed by atoms with Gasteiger partial charge in [0, 0.05) is 5.56 Å². The number of anilines is 1. The van der Waals surface area contributed by atoms with Gasteiger partial charge in [-0.1, -0.05) is 0 Å². The van der Waals surface area contributed by atoms with Gasteiger partial charge in [0.15, 0.2) is 0 Å². The minimum atomic E-state index is -0.644. The van der Waals surface area contributed by atoms with Crippen molar-refractivity contribution in [1.29, 1.82) is 0 Å². The van der Waals surface area contributed by atoms with Crippen LogP contribution in [0.25, 0.3) is 0 Å². The molecular formula is C13H18FNO3. The summed E-state index contributed by atoms with van der Waals surface area (Å²) in [6.45, 7) is 6.82. The monoisotopic (exact) mass is 255 g/mol. The molecule has 0 bridgehead atoms. The Morgan fingerprint density at radius 3 is 2.44 bits per heavy atom. The number of methoxy groups -OCH3 is 1. The van der Waals surface area contributed by atoms with E-state index >= 15 is 0 Å². The maximum Gasteiger partial charge on any atom is 0.412 e. The number of carbonyl (C=O) groups is 1. The Morgan fingerprint density at radius 1 is 1.33 bits per heavy atom. The predicted octanol–water partition coefficient (Wildman–Crippen LogP) is 3.49. The van der Waals surface area contributed by atoms with Gasteiger partial charge in [0.25, 0.3) is 0 Å². The van der Waals surface area contributed by atoms with Crippen LogP contribution >= 0.6 is 0 Å². The van der Waals surface area contributed by atoms with Crippen LogP contribution in [0.5, 0.6) is 5.75 Å². The molecule has 1 amide bonds. The number of hydrogen-bond donors (Lipinski definition) is 1. The van der Waals surface area contributed by atoms with Gasteiger partial charge in [-0.3, -0.25) is 5.32 Å². The highest BCUT2D eigenvalue weighted by atomic mass is 19.1. The number of ether oxygens (including phenoxy) is 2. The number of carbonyl (C=O) groups excluding carboxylic acids is 1. The molecule has 18 heavy (non-hydrogen) atoms. The van der Waals surface area contributed by atoms with Crippen LogP contribution in [-0.2, 0) is 4.74 Å². The molecule has 100 valence electrons. The van der Waals surface area contributed by atoms with Gasteiger partial charge in [-0.25, -0.2) is 9.18 Å². The first kappa shape index (κ1) is 14.3. The van der Waals surface area contributed by atoms with Crippen molar-refractivity contribution in [2.75, 3.05) is 12.4 Å². The Bertz CT molecular complexity index is 452. The number of rotatable bonds is 2. The third-order valence-electron chi connectivity index (χ3n) is 2.21. The van der Waals surface area contributed by atoms with E-state index in [1.54, 1.807) is 27.7 Å². The van der Waals surface area contributed by atoms with E-state index < -0.39 is 17.5 Å². The fourth-order valence-corrected chi connectivity index (χ4v) is 1.39. The molecule has 0 aliphatic rings. The molecule has 0 atom stereocenters. The second-order valence-corrected chi connectivity index (χ2v) is 4.88. The standard InChI is InChI=1S/C13H18FNO3/c1-8-9(14)6-7-10(17-5)11(8)15-12(16)18-13(2,3)4/h6-7H,1-5H3,(H,15,16). The Balaban J connectivity index is 2.96. The number of hydrogen-bond acceptors (Lipinski definition) is 3. The van der Waals surface area contributed by atoms with Crippen molar-refractivity contribution >= 4 is 11.8 Å². The van der Waals surface area contributed by atoms with Crippen LogP contribution in [0.15, 0.2) is 12.1 Å². The lowest BCUT2D eigenvalue weighted by atomic mass is 10.1. The third-order valence-corrected chi connectivity index (χ3v) is 2.21. The van der Waals surface area contributed by atoms with Gasteiger partial charge < -0.3 is 9.47 Å². The molecule has 1 rings (SSSR count). The van der Waals surface area contributed by atoms with Crippen LogP contribution in [0.2, 0.25) is 0 Å². The van der Waals surface area contributed by atoms with Gasteiger partial charge in [0.1, 0.15) is 17.2 Å². The van der Waals surface area contributed by atoms with Crippen molar-refractivity contribution in [2.24, 2.45) is 0 Å². The summed E-state index contributed by atoms with van der Waals surface area (Å²) in [5.41, 5.74) is -0.0228. The van der Waals surface area contributed by atoms with E-state index in [0.29, 0.717) is 11.3 Å². The number of nitrogens with one attached hydrogen (secondary N) is 1. The normalized spacial score (nSPS) is 11.0. The molecule has 1 N–H and O–H groups in total. The quantitative estimate of drug-likeness (QED) is 0.880. The lowest BCUT2D eigenvalue weighted by molar-refractivity contribution is 0.0635. The molecule has 5 heteroatoms. The zero-order valence-electron chi connectivity index (χ0n) is 11.3. The highest BCUT2D eigenvalue weighted by Gasteiger charge is 2.19. The molecule has 4 nitrogen and oxygen atoms in total. The second kappa shape index (κ2) is 5.25. The van der Waals surface area contributed by atoms with Gasteiger partial charge in [0.05, 0.1) is 12.8 Å². The van der Waals surface area contributed by atoms with E-state index in [1.165, 1.54) is 19.2 Å². The van der Waals surface area contributed by atoms with Gasteiger partial charge in [0.2, 0.25) is 0 Å². The third kappa shape index (κ3) is 3.61. The van der Waals surface area contributed by atoms with E-state index in [1.807, 2.05) is 0 Å². The van der Waals surface area contributed by atoms with Gasteiger partial charge in [-0.15, -0.1) is 0 Å². The summed E-state index contributed by atoms with van der Waals surface area (Å²) in [5, 5.41) is 2.50. The molecule has 0 spiro atoms. The van der Waals surface area contributed by atoms with Crippen molar-refractivity contribution in [3.63, 3.8) is 0 Å². The SMILES string of the molecule is COc1ccc(F)c(C)c1NC(=O)OC(C)(C)C. The first-order valence-corrected chi connectivity index (χ1v) is 5.57. The maximum absolute atomic E-state index is 13.4. The molecule has 0 saturated heterocycles. The summed E-state index contributed by atoms with van der Waals surface area (Å²) < 4.78 is 23.6. The van der Waals surface area contributed by atoms with E-state index in [4.69, 9.17) is 9.47 Å². The first-order valence-electron chi connectivity index (χ1n) is 5.57. The van der Waals surface area contributed by atoms with Crippen molar-refractivity contribution in [1.82, 2.24) is 0 Å². The average molecular weight is 255 g/mol. The second-order valence-electron chi connectivity index (χ2n) is 4.88. The molecule has 0 saturated carbocycles. The van der Waals surface area contributed by atoms with Crippen molar-refractivity contribution in [2.45, 2.75) is 33.3 Å². The highest BCUT2D eigenvalue weighted by molar-refractivity contribution is 5.88. The Labute approximate surface area is 106 Å². The minimum absolute atomic E-state index is 0.284. The van der Waals surface area contributed by atoms with Gasteiger partial charge in [-0.2, -0.15) is 0 Å². The van der Waals surface area contributed by atoms with Crippen LogP contribution in [0.4, 0.5) is 14.9 Å².